The van der Waals surface area contributed by atoms with Gasteiger partial charge in [0.25, 0.3) is 0 Å². The summed E-state index contributed by atoms with van der Waals surface area (Å²) in [6.07, 6.45) is 0.180. The molecule has 24 heavy (non-hydrogen) atoms. The summed E-state index contributed by atoms with van der Waals surface area (Å²) in [5, 5.41) is 1.17. The summed E-state index contributed by atoms with van der Waals surface area (Å²) in [6, 6.07) is 12.4. The third kappa shape index (κ3) is 2.78. The summed E-state index contributed by atoms with van der Waals surface area (Å²) in [4.78, 5) is 21.1. The number of aromatic nitrogens is 1. The number of benzene rings is 1. The summed E-state index contributed by atoms with van der Waals surface area (Å²) in [5.74, 6) is 0.494. The van der Waals surface area contributed by atoms with Crippen LogP contribution in [0.15, 0.2) is 36.4 Å². The Kier molecular flexibility index (Phi) is 3.98. The van der Waals surface area contributed by atoms with Gasteiger partial charge in [0.15, 0.2) is 0 Å². The molecule has 2 aromatic rings. The van der Waals surface area contributed by atoms with Crippen LogP contribution in [0.3, 0.4) is 0 Å². The van der Waals surface area contributed by atoms with Crippen LogP contribution in [-0.2, 0) is 16.1 Å². The zero-order valence-electron chi connectivity index (χ0n) is 14.2. The molecule has 0 spiro atoms. The average molecular weight is 325 g/mol. The lowest BCUT2D eigenvalue weighted by Gasteiger charge is -2.21. The highest BCUT2D eigenvalue weighted by Crippen LogP contribution is 2.35. The predicted molar refractivity (Wildman–Crippen MR) is 92.4 cm³/mol. The van der Waals surface area contributed by atoms with Crippen molar-refractivity contribution >= 4 is 16.8 Å². The Morgan fingerprint density at radius 1 is 1.25 bits per heavy atom. The molecule has 1 amide bonds. The first-order chi connectivity index (χ1) is 11.6. The number of likely N-dealkylation sites (tertiary alicyclic amines) is 1. The van der Waals surface area contributed by atoms with Crippen LogP contribution < -0.4 is 0 Å². The molecule has 3 atom stereocenters. The van der Waals surface area contributed by atoms with Gasteiger partial charge in [0.1, 0.15) is 0 Å². The van der Waals surface area contributed by atoms with Crippen molar-refractivity contribution in [2.75, 3.05) is 33.8 Å². The molecular formula is C19H23N3O2. The fourth-order valence-electron chi connectivity index (χ4n) is 3.93. The van der Waals surface area contributed by atoms with E-state index in [2.05, 4.69) is 23.1 Å². The Morgan fingerprint density at radius 2 is 2.08 bits per heavy atom. The van der Waals surface area contributed by atoms with Crippen molar-refractivity contribution < 1.29 is 9.53 Å². The number of ether oxygens (including phenoxy) is 1. The standard InChI is InChI=1S/C19H23N3O2/c1-21(2)19(23)16-12-24-18-11-22(10-15(16)18)9-14-8-7-13-5-3-4-6-17(13)20-14/h3-8,15-16,18H,9-12H2,1-2H3/t15-,16+,18-/m1/s1. The Balaban J connectivity index is 1.46. The third-order valence-electron chi connectivity index (χ3n) is 5.19. The van der Waals surface area contributed by atoms with Gasteiger partial charge in [0.05, 0.1) is 29.8 Å². The minimum atomic E-state index is -0.000405. The van der Waals surface area contributed by atoms with E-state index in [1.54, 1.807) is 4.90 Å². The minimum Gasteiger partial charge on any atom is -0.376 e. The summed E-state index contributed by atoms with van der Waals surface area (Å²) < 4.78 is 5.89. The van der Waals surface area contributed by atoms with Crippen molar-refractivity contribution in [3.8, 4) is 0 Å². The van der Waals surface area contributed by atoms with Crippen LogP contribution in [0.5, 0.6) is 0 Å². The second kappa shape index (κ2) is 6.15. The minimum absolute atomic E-state index is 0.000405. The molecule has 0 bridgehead atoms. The van der Waals surface area contributed by atoms with Crippen molar-refractivity contribution in [2.24, 2.45) is 11.8 Å². The maximum Gasteiger partial charge on any atom is 0.227 e. The van der Waals surface area contributed by atoms with E-state index in [0.717, 1.165) is 30.8 Å². The molecule has 0 aliphatic carbocycles. The van der Waals surface area contributed by atoms with E-state index in [1.165, 1.54) is 5.39 Å². The molecule has 5 heteroatoms. The van der Waals surface area contributed by atoms with Gasteiger partial charge in [0, 0.05) is 45.0 Å². The fourth-order valence-corrected chi connectivity index (χ4v) is 3.93. The van der Waals surface area contributed by atoms with Gasteiger partial charge in [-0.25, -0.2) is 0 Å². The van der Waals surface area contributed by atoms with Crippen LogP contribution in [0.2, 0.25) is 0 Å². The van der Waals surface area contributed by atoms with E-state index < -0.39 is 0 Å². The van der Waals surface area contributed by atoms with Gasteiger partial charge in [-0.2, -0.15) is 0 Å². The molecule has 4 rings (SSSR count). The number of amides is 1. The second-order valence-corrected chi connectivity index (χ2v) is 7.06. The summed E-state index contributed by atoms with van der Waals surface area (Å²) >= 11 is 0. The molecule has 3 heterocycles. The van der Waals surface area contributed by atoms with Gasteiger partial charge in [-0.1, -0.05) is 24.3 Å². The molecule has 1 aromatic heterocycles. The van der Waals surface area contributed by atoms with E-state index in [-0.39, 0.29) is 17.9 Å². The lowest BCUT2D eigenvalue weighted by molar-refractivity contribution is -0.134. The van der Waals surface area contributed by atoms with Gasteiger partial charge in [0.2, 0.25) is 5.91 Å². The van der Waals surface area contributed by atoms with E-state index >= 15 is 0 Å². The van der Waals surface area contributed by atoms with Crippen molar-refractivity contribution in [3.05, 3.63) is 42.1 Å². The topological polar surface area (TPSA) is 45.7 Å². The molecule has 0 saturated carbocycles. The van der Waals surface area contributed by atoms with E-state index in [4.69, 9.17) is 9.72 Å². The number of rotatable bonds is 3. The molecule has 2 fully saturated rings. The molecule has 1 aromatic carbocycles. The van der Waals surface area contributed by atoms with Crippen LogP contribution >= 0.6 is 0 Å². The SMILES string of the molecule is CN(C)C(=O)[C@H]1CO[C@@H]2CN(Cc3ccc4ccccc4n3)C[C@H]12. The van der Waals surface area contributed by atoms with Crippen LogP contribution in [0.4, 0.5) is 0 Å². The van der Waals surface area contributed by atoms with Crippen LogP contribution in [0.1, 0.15) is 5.69 Å². The van der Waals surface area contributed by atoms with E-state index in [9.17, 15) is 4.79 Å². The number of hydrogen-bond donors (Lipinski definition) is 0. The van der Waals surface area contributed by atoms with E-state index in [1.807, 2.05) is 32.3 Å². The van der Waals surface area contributed by atoms with Gasteiger partial charge >= 0.3 is 0 Å². The van der Waals surface area contributed by atoms with Crippen LogP contribution in [-0.4, -0.2) is 60.6 Å². The number of carbonyl (C=O) groups is 1. The van der Waals surface area contributed by atoms with E-state index in [0.29, 0.717) is 12.5 Å². The van der Waals surface area contributed by atoms with Crippen LogP contribution in [0.25, 0.3) is 10.9 Å². The summed E-state index contributed by atoms with van der Waals surface area (Å²) in [5.41, 5.74) is 2.11. The lowest BCUT2D eigenvalue weighted by atomic mass is 9.92. The Bertz CT molecular complexity index is 761. The third-order valence-corrected chi connectivity index (χ3v) is 5.19. The van der Waals surface area contributed by atoms with Crippen molar-refractivity contribution in [1.82, 2.24) is 14.8 Å². The molecular weight excluding hydrogens is 302 g/mol. The Labute approximate surface area is 142 Å². The number of fused-ring (bicyclic) bond motifs is 2. The maximum absolute atomic E-state index is 12.3. The van der Waals surface area contributed by atoms with Crippen molar-refractivity contribution in [1.29, 1.82) is 0 Å². The molecule has 2 saturated heterocycles. The first-order valence-corrected chi connectivity index (χ1v) is 8.51. The van der Waals surface area contributed by atoms with Crippen LogP contribution in [0, 0.1) is 11.8 Å². The molecule has 0 N–H and O–H groups in total. The van der Waals surface area contributed by atoms with Gasteiger partial charge in [-0.15, -0.1) is 0 Å². The predicted octanol–water partition coefficient (Wildman–Crippen LogP) is 1.77. The molecule has 0 unspecified atom stereocenters. The van der Waals surface area contributed by atoms with Gasteiger partial charge in [-0.05, 0) is 12.1 Å². The Morgan fingerprint density at radius 3 is 2.92 bits per heavy atom. The molecule has 0 radical (unpaired) electrons. The second-order valence-electron chi connectivity index (χ2n) is 7.06. The van der Waals surface area contributed by atoms with Gasteiger partial charge in [-0.3, -0.25) is 14.7 Å². The number of nitrogens with zero attached hydrogens (tertiary/aromatic N) is 3. The van der Waals surface area contributed by atoms with Crippen molar-refractivity contribution in [3.63, 3.8) is 0 Å². The number of pyridine rings is 1. The number of carbonyl (C=O) groups excluding carboxylic acids is 1. The first kappa shape index (κ1) is 15.5. The summed E-state index contributed by atoms with van der Waals surface area (Å²) in [7, 11) is 3.64. The molecule has 5 nitrogen and oxygen atoms in total. The van der Waals surface area contributed by atoms with Gasteiger partial charge < -0.3 is 9.64 Å². The fraction of sp³-hybridized carbons (Fsp3) is 0.474. The average Bonchev–Trinajstić information content (AvgIpc) is 3.14. The highest BCUT2D eigenvalue weighted by Gasteiger charge is 2.47. The zero-order chi connectivity index (χ0) is 16.7. The molecule has 2 aliphatic heterocycles. The summed E-state index contributed by atoms with van der Waals surface area (Å²) in [6.45, 7) is 3.16. The monoisotopic (exact) mass is 325 g/mol. The Hall–Kier alpha value is -1.98. The number of para-hydroxylation sites is 1. The quantitative estimate of drug-likeness (QED) is 0.863. The zero-order valence-corrected chi connectivity index (χ0v) is 14.2. The largest absolute Gasteiger partial charge is 0.376 e. The highest BCUT2D eigenvalue weighted by atomic mass is 16.5. The highest BCUT2D eigenvalue weighted by molar-refractivity contribution is 5.79. The van der Waals surface area contributed by atoms with Crippen molar-refractivity contribution in [2.45, 2.75) is 12.6 Å². The molecule has 2 aliphatic rings. The molecule has 126 valence electrons. The smallest absolute Gasteiger partial charge is 0.227 e. The lowest BCUT2D eigenvalue weighted by Crippen LogP contribution is -2.35. The normalized spacial score (nSPS) is 26.7. The number of hydrogen-bond acceptors (Lipinski definition) is 4. The maximum atomic E-state index is 12.3. The first-order valence-electron chi connectivity index (χ1n) is 8.51.